The topological polar surface area (TPSA) is 86.7 Å². The number of hydrogen-bond acceptors (Lipinski definition) is 4. The Kier molecular flexibility index (Phi) is 6.44. The number of carboxylic acid groups (broad SMARTS) is 1. The molecule has 2 N–H and O–H groups in total. The number of carboxylic acids is 1. The van der Waals surface area contributed by atoms with E-state index in [1.165, 1.54) is 34.9 Å². The summed E-state index contributed by atoms with van der Waals surface area (Å²) in [5, 5.41) is 9.89. The third-order valence-electron chi connectivity index (χ3n) is 5.65. The van der Waals surface area contributed by atoms with Gasteiger partial charge in [-0.05, 0) is 60.4 Å². The van der Waals surface area contributed by atoms with Gasteiger partial charge in [0.1, 0.15) is 4.90 Å². The summed E-state index contributed by atoms with van der Waals surface area (Å²) in [6.45, 7) is 3.30. The smallest absolute Gasteiger partial charge is 0.337 e. The third kappa shape index (κ3) is 4.89. The van der Waals surface area contributed by atoms with Gasteiger partial charge in [-0.1, -0.05) is 54.1 Å². The van der Waals surface area contributed by atoms with Crippen molar-refractivity contribution in [2.75, 3.05) is 22.7 Å². The predicted molar refractivity (Wildman–Crippen MR) is 132 cm³/mol. The van der Waals surface area contributed by atoms with Crippen LogP contribution in [-0.4, -0.2) is 32.6 Å². The lowest BCUT2D eigenvalue weighted by molar-refractivity contribution is 0.0697. The molecule has 0 unspecified atom stereocenters. The first-order valence-electron chi connectivity index (χ1n) is 10.4. The highest BCUT2D eigenvalue weighted by atomic mass is 35.5. The molecule has 0 radical (unpaired) electrons. The van der Waals surface area contributed by atoms with Crippen LogP contribution in [-0.2, 0) is 10.0 Å². The van der Waals surface area contributed by atoms with E-state index in [0.29, 0.717) is 18.8 Å². The van der Waals surface area contributed by atoms with Gasteiger partial charge in [-0.25, -0.2) is 13.2 Å². The Bertz CT molecular complexity index is 1350. The van der Waals surface area contributed by atoms with Crippen LogP contribution in [0, 0.1) is 6.92 Å². The molecule has 0 spiro atoms. The highest BCUT2D eigenvalue weighted by molar-refractivity contribution is 7.92. The van der Waals surface area contributed by atoms with E-state index in [-0.39, 0.29) is 21.2 Å². The fourth-order valence-electron chi connectivity index (χ4n) is 3.99. The molecule has 1 aliphatic heterocycles. The van der Waals surface area contributed by atoms with Gasteiger partial charge in [-0.15, -0.1) is 0 Å². The van der Waals surface area contributed by atoms with Crippen molar-refractivity contribution in [2.24, 2.45) is 0 Å². The lowest BCUT2D eigenvalue weighted by atomic mass is 9.95. The fourth-order valence-corrected chi connectivity index (χ4v) is 5.56. The maximum atomic E-state index is 12.7. The van der Waals surface area contributed by atoms with E-state index >= 15 is 0 Å². The Morgan fingerprint density at radius 1 is 1.06 bits per heavy atom. The number of nitrogens with one attached hydrogen (secondary N) is 1. The largest absolute Gasteiger partial charge is 0.478 e. The molecule has 3 aromatic carbocycles. The summed E-state index contributed by atoms with van der Waals surface area (Å²) in [6.07, 6.45) is 2.90. The minimum absolute atomic E-state index is 0.0297. The maximum absolute atomic E-state index is 12.7. The van der Waals surface area contributed by atoms with Gasteiger partial charge in [0.2, 0.25) is 0 Å². The molecule has 1 heterocycles. The van der Waals surface area contributed by atoms with E-state index in [1.54, 1.807) is 24.3 Å². The third-order valence-corrected chi connectivity index (χ3v) is 7.53. The van der Waals surface area contributed by atoms with E-state index in [2.05, 4.69) is 29.9 Å². The van der Waals surface area contributed by atoms with E-state index in [0.717, 1.165) is 6.42 Å². The summed E-state index contributed by atoms with van der Waals surface area (Å²) in [4.78, 5) is 13.9. The zero-order chi connectivity index (χ0) is 23.6. The number of hydrogen-bond donors (Lipinski definition) is 2. The minimum Gasteiger partial charge on any atom is -0.478 e. The quantitative estimate of drug-likeness (QED) is 0.488. The van der Waals surface area contributed by atoms with Crippen molar-refractivity contribution in [1.82, 2.24) is 0 Å². The summed E-state index contributed by atoms with van der Waals surface area (Å²) < 4.78 is 27.9. The highest BCUT2D eigenvalue weighted by Gasteiger charge is 2.22. The van der Waals surface area contributed by atoms with Crippen molar-refractivity contribution in [3.63, 3.8) is 0 Å². The van der Waals surface area contributed by atoms with E-state index < -0.39 is 16.0 Å². The summed E-state index contributed by atoms with van der Waals surface area (Å²) in [7, 11) is -3.96. The second-order valence-electron chi connectivity index (χ2n) is 7.81. The monoisotopic (exact) mass is 482 g/mol. The van der Waals surface area contributed by atoms with Crippen molar-refractivity contribution < 1.29 is 18.3 Å². The van der Waals surface area contributed by atoms with Crippen LogP contribution in [0.5, 0.6) is 0 Å². The van der Waals surface area contributed by atoms with Gasteiger partial charge >= 0.3 is 5.97 Å². The summed E-state index contributed by atoms with van der Waals surface area (Å²) >= 11 is 6.02. The van der Waals surface area contributed by atoms with Gasteiger partial charge in [0.25, 0.3) is 10.0 Å². The molecule has 0 saturated heterocycles. The maximum Gasteiger partial charge on any atom is 0.337 e. The second-order valence-corrected chi connectivity index (χ2v) is 9.87. The molecule has 0 atom stereocenters. The standard InChI is InChI=1S/C25H23ClN2O4S/c1-17-6-2-3-7-20(17)18-12-14-28(15-13-18)23-11-10-19(16-21(23)25(29)30)27-33(31,32)24-9-5-4-8-22(24)26/h2-12,16,27H,13-15H2,1H3,(H,29,30). The SMILES string of the molecule is Cc1ccccc1C1=CCN(c2ccc(NS(=O)(=O)c3ccccc3Cl)cc2C(=O)O)CC1. The molecule has 0 aliphatic carbocycles. The molecule has 0 bridgehead atoms. The van der Waals surface area contributed by atoms with Gasteiger partial charge in [-0.2, -0.15) is 0 Å². The molecule has 3 aromatic rings. The summed E-state index contributed by atoms with van der Waals surface area (Å²) in [5.74, 6) is -1.13. The normalized spacial score (nSPS) is 14.0. The van der Waals surface area contributed by atoms with E-state index in [9.17, 15) is 18.3 Å². The van der Waals surface area contributed by atoms with Crippen LogP contribution < -0.4 is 9.62 Å². The summed E-state index contributed by atoms with van der Waals surface area (Å²) in [5.41, 5.74) is 4.39. The number of sulfonamides is 1. The Labute approximate surface area is 198 Å². The van der Waals surface area contributed by atoms with Crippen LogP contribution in [0.2, 0.25) is 5.02 Å². The van der Waals surface area contributed by atoms with Crippen LogP contribution in [0.4, 0.5) is 11.4 Å². The number of anilines is 2. The Balaban J connectivity index is 1.59. The van der Waals surface area contributed by atoms with E-state index in [4.69, 9.17) is 11.6 Å². The molecule has 0 fully saturated rings. The first-order chi connectivity index (χ1) is 15.8. The van der Waals surface area contributed by atoms with Crippen molar-refractivity contribution in [2.45, 2.75) is 18.2 Å². The summed E-state index contributed by atoms with van der Waals surface area (Å²) in [6, 6.07) is 18.8. The molecule has 170 valence electrons. The molecular formula is C25H23ClN2O4S. The molecule has 0 aromatic heterocycles. The van der Waals surface area contributed by atoms with Crippen LogP contribution >= 0.6 is 11.6 Å². The number of carbonyl (C=O) groups is 1. The fraction of sp³-hybridized carbons (Fsp3) is 0.160. The average Bonchev–Trinajstić information content (AvgIpc) is 2.79. The molecule has 8 heteroatoms. The van der Waals surface area contributed by atoms with Crippen LogP contribution in [0.25, 0.3) is 5.57 Å². The van der Waals surface area contributed by atoms with Gasteiger partial charge in [0, 0.05) is 18.8 Å². The molecule has 6 nitrogen and oxygen atoms in total. The Morgan fingerprint density at radius 3 is 2.45 bits per heavy atom. The number of aromatic carboxylic acids is 1. The van der Waals surface area contributed by atoms with Crippen molar-refractivity contribution in [3.8, 4) is 0 Å². The van der Waals surface area contributed by atoms with Crippen molar-refractivity contribution >= 4 is 44.5 Å². The first-order valence-corrected chi connectivity index (χ1v) is 12.3. The highest BCUT2D eigenvalue weighted by Crippen LogP contribution is 2.31. The van der Waals surface area contributed by atoms with Crippen molar-refractivity contribution in [3.05, 3.63) is 94.5 Å². The molecular weight excluding hydrogens is 460 g/mol. The Hall–Kier alpha value is -3.29. The van der Waals surface area contributed by atoms with E-state index in [1.807, 2.05) is 17.0 Å². The minimum atomic E-state index is -3.96. The molecule has 1 aliphatic rings. The van der Waals surface area contributed by atoms with Gasteiger partial charge in [-0.3, -0.25) is 4.72 Å². The van der Waals surface area contributed by atoms with Crippen LogP contribution in [0.3, 0.4) is 0 Å². The number of aryl methyl sites for hydroxylation is 1. The molecule has 0 saturated carbocycles. The lowest BCUT2D eigenvalue weighted by Crippen LogP contribution is -2.30. The zero-order valence-electron chi connectivity index (χ0n) is 18.0. The molecule has 4 rings (SSSR count). The molecule has 33 heavy (non-hydrogen) atoms. The second kappa shape index (κ2) is 9.29. The van der Waals surface area contributed by atoms with Crippen molar-refractivity contribution in [1.29, 1.82) is 0 Å². The zero-order valence-corrected chi connectivity index (χ0v) is 19.5. The molecule has 0 amide bonds. The number of nitrogens with zero attached hydrogens (tertiary/aromatic N) is 1. The average molecular weight is 483 g/mol. The van der Waals surface area contributed by atoms with Gasteiger partial charge < -0.3 is 10.0 Å². The number of halogens is 1. The number of rotatable bonds is 6. The van der Waals surface area contributed by atoms with Gasteiger partial charge in [0.15, 0.2) is 0 Å². The van der Waals surface area contributed by atoms with Gasteiger partial charge in [0.05, 0.1) is 16.3 Å². The number of benzene rings is 3. The lowest BCUT2D eigenvalue weighted by Gasteiger charge is -2.30. The van der Waals surface area contributed by atoms with Crippen LogP contribution in [0.15, 0.2) is 77.7 Å². The van der Waals surface area contributed by atoms with Crippen LogP contribution in [0.1, 0.15) is 27.9 Å². The Morgan fingerprint density at radius 2 is 1.79 bits per heavy atom. The first kappa shape index (κ1) is 22.9. The predicted octanol–water partition coefficient (Wildman–Crippen LogP) is 5.44.